The minimum absolute atomic E-state index is 0.0760. The average Bonchev–Trinajstić information content (AvgIpc) is 2.90. The lowest BCUT2D eigenvalue weighted by Crippen LogP contribution is -2.49. The van der Waals surface area contributed by atoms with Gasteiger partial charge in [0.25, 0.3) is 5.91 Å². The van der Waals surface area contributed by atoms with Crippen LogP contribution in [0, 0.1) is 0 Å². The Labute approximate surface area is 119 Å². The molecule has 1 spiro atoms. The van der Waals surface area contributed by atoms with Gasteiger partial charge in [0.05, 0.1) is 13.7 Å². The van der Waals surface area contributed by atoms with E-state index < -0.39 is 0 Å². The van der Waals surface area contributed by atoms with E-state index >= 15 is 0 Å². The third-order valence-corrected chi connectivity index (χ3v) is 4.39. The van der Waals surface area contributed by atoms with Crippen LogP contribution in [-0.4, -0.2) is 36.8 Å². The Hall–Kier alpha value is -1.55. The number of hydrogen-bond donors (Lipinski definition) is 0. The minimum Gasteiger partial charge on any atom is -0.497 e. The van der Waals surface area contributed by atoms with Crippen molar-refractivity contribution < 1.29 is 14.3 Å². The molecule has 4 heteroatoms. The second-order valence-electron chi connectivity index (χ2n) is 5.54. The molecule has 2 aliphatic rings. The number of benzene rings is 1. The van der Waals surface area contributed by atoms with E-state index in [1.807, 2.05) is 29.2 Å². The predicted octanol–water partition coefficient (Wildman–Crippen LogP) is 2.83. The van der Waals surface area contributed by atoms with Gasteiger partial charge in [-0.3, -0.25) is 4.79 Å². The first-order chi connectivity index (χ1) is 9.75. The van der Waals surface area contributed by atoms with Crippen LogP contribution in [-0.2, 0) is 4.74 Å². The van der Waals surface area contributed by atoms with Crippen LogP contribution in [0.5, 0.6) is 5.75 Å². The lowest BCUT2D eigenvalue weighted by Gasteiger charge is -2.40. The number of carbonyl (C=O) groups excluding carboxylic acids is 1. The third kappa shape index (κ3) is 2.29. The van der Waals surface area contributed by atoms with Gasteiger partial charge < -0.3 is 14.4 Å². The first-order valence-electron chi connectivity index (χ1n) is 7.35. The molecule has 108 valence electrons. The van der Waals surface area contributed by atoms with Gasteiger partial charge in [0, 0.05) is 12.1 Å². The number of rotatable bonds is 2. The van der Waals surface area contributed by atoms with E-state index in [1.165, 1.54) is 6.42 Å². The molecule has 0 aromatic heterocycles. The first kappa shape index (κ1) is 13.4. The Morgan fingerprint density at radius 3 is 2.55 bits per heavy atom. The van der Waals surface area contributed by atoms with Crippen molar-refractivity contribution in [1.82, 2.24) is 4.90 Å². The maximum atomic E-state index is 12.7. The van der Waals surface area contributed by atoms with Crippen LogP contribution in [0.2, 0.25) is 0 Å². The smallest absolute Gasteiger partial charge is 0.256 e. The molecule has 20 heavy (non-hydrogen) atoms. The molecule has 0 unspecified atom stereocenters. The lowest BCUT2D eigenvalue weighted by atomic mass is 9.90. The van der Waals surface area contributed by atoms with Gasteiger partial charge in [0.2, 0.25) is 0 Å². The molecule has 1 aromatic carbocycles. The van der Waals surface area contributed by atoms with Crippen LogP contribution in [0.15, 0.2) is 24.3 Å². The zero-order valence-corrected chi connectivity index (χ0v) is 11.9. The van der Waals surface area contributed by atoms with Gasteiger partial charge >= 0.3 is 0 Å². The quantitative estimate of drug-likeness (QED) is 0.833. The number of ether oxygens (including phenoxy) is 2. The van der Waals surface area contributed by atoms with Gasteiger partial charge in [0.1, 0.15) is 11.5 Å². The van der Waals surface area contributed by atoms with Crippen molar-refractivity contribution in [2.75, 3.05) is 20.3 Å². The second kappa shape index (κ2) is 5.44. The zero-order valence-electron chi connectivity index (χ0n) is 11.9. The van der Waals surface area contributed by atoms with Crippen molar-refractivity contribution in [1.29, 1.82) is 0 Å². The molecule has 1 aliphatic carbocycles. The summed E-state index contributed by atoms with van der Waals surface area (Å²) in [5.41, 5.74) is 0.371. The SMILES string of the molecule is COc1ccc(C(=O)N2CCOC23CCCCC3)cc1. The Morgan fingerprint density at radius 1 is 1.20 bits per heavy atom. The highest BCUT2D eigenvalue weighted by Crippen LogP contribution is 2.38. The average molecular weight is 275 g/mol. The predicted molar refractivity (Wildman–Crippen MR) is 75.8 cm³/mol. The number of carbonyl (C=O) groups is 1. The minimum atomic E-state index is -0.338. The maximum Gasteiger partial charge on any atom is 0.256 e. The monoisotopic (exact) mass is 275 g/mol. The van der Waals surface area contributed by atoms with Gasteiger partial charge in [-0.05, 0) is 49.9 Å². The highest BCUT2D eigenvalue weighted by molar-refractivity contribution is 5.95. The Balaban J connectivity index is 1.81. The van der Waals surface area contributed by atoms with Crippen molar-refractivity contribution >= 4 is 5.91 Å². The fourth-order valence-corrected chi connectivity index (χ4v) is 3.30. The van der Waals surface area contributed by atoms with Crippen LogP contribution in [0.3, 0.4) is 0 Å². The molecule has 4 nitrogen and oxygen atoms in total. The summed E-state index contributed by atoms with van der Waals surface area (Å²) in [6, 6.07) is 7.32. The van der Waals surface area contributed by atoms with E-state index in [4.69, 9.17) is 9.47 Å². The lowest BCUT2D eigenvalue weighted by molar-refractivity contribution is -0.0919. The maximum absolute atomic E-state index is 12.7. The summed E-state index contributed by atoms with van der Waals surface area (Å²) in [6.45, 7) is 1.35. The molecule has 1 saturated carbocycles. The summed E-state index contributed by atoms with van der Waals surface area (Å²) < 4.78 is 11.1. The summed E-state index contributed by atoms with van der Waals surface area (Å²) in [6.07, 6.45) is 5.47. The number of amides is 1. The van der Waals surface area contributed by atoms with Crippen molar-refractivity contribution in [2.24, 2.45) is 0 Å². The van der Waals surface area contributed by atoms with E-state index in [9.17, 15) is 4.79 Å². The van der Waals surface area contributed by atoms with Gasteiger partial charge in [0.15, 0.2) is 0 Å². The molecule has 1 aromatic rings. The molecule has 1 aliphatic heterocycles. The molecule has 0 N–H and O–H groups in total. The third-order valence-electron chi connectivity index (χ3n) is 4.39. The summed E-state index contributed by atoms with van der Waals surface area (Å²) in [5.74, 6) is 0.846. The summed E-state index contributed by atoms with van der Waals surface area (Å²) in [7, 11) is 1.63. The zero-order chi connectivity index (χ0) is 14.0. The first-order valence-corrected chi connectivity index (χ1v) is 7.35. The normalized spacial score (nSPS) is 21.1. The standard InChI is InChI=1S/C16H21NO3/c1-19-14-7-5-13(6-8-14)15(18)17-11-12-20-16(17)9-3-2-4-10-16/h5-8H,2-4,9-12H2,1H3. The van der Waals surface area contributed by atoms with E-state index in [1.54, 1.807) is 7.11 Å². The van der Waals surface area contributed by atoms with E-state index in [0.29, 0.717) is 18.7 Å². The Kier molecular flexibility index (Phi) is 3.66. The van der Waals surface area contributed by atoms with Crippen LogP contribution >= 0.6 is 0 Å². The van der Waals surface area contributed by atoms with Crippen LogP contribution in [0.4, 0.5) is 0 Å². The second-order valence-corrected chi connectivity index (χ2v) is 5.54. The van der Waals surface area contributed by atoms with Crippen LogP contribution in [0.25, 0.3) is 0 Å². The summed E-state index contributed by atoms with van der Waals surface area (Å²) in [4.78, 5) is 14.7. The molecule has 0 atom stereocenters. The van der Waals surface area contributed by atoms with Gasteiger partial charge in [-0.2, -0.15) is 0 Å². The molecular formula is C16H21NO3. The Morgan fingerprint density at radius 2 is 1.90 bits per heavy atom. The van der Waals surface area contributed by atoms with Crippen molar-refractivity contribution in [2.45, 2.75) is 37.8 Å². The topological polar surface area (TPSA) is 38.8 Å². The number of methoxy groups -OCH3 is 1. The summed E-state index contributed by atoms with van der Waals surface area (Å²) in [5, 5.41) is 0. The fraction of sp³-hybridized carbons (Fsp3) is 0.562. The number of hydrogen-bond acceptors (Lipinski definition) is 3. The molecule has 1 saturated heterocycles. The van der Waals surface area contributed by atoms with E-state index in [0.717, 1.165) is 31.4 Å². The molecule has 0 radical (unpaired) electrons. The Bertz CT molecular complexity index is 477. The van der Waals surface area contributed by atoms with E-state index in [2.05, 4.69) is 0 Å². The van der Waals surface area contributed by atoms with E-state index in [-0.39, 0.29) is 11.6 Å². The molecule has 1 heterocycles. The van der Waals surface area contributed by atoms with Gasteiger partial charge in [-0.25, -0.2) is 0 Å². The van der Waals surface area contributed by atoms with Crippen molar-refractivity contribution in [3.63, 3.8) is 0 Å². The highest BCUT2D eigenvalue weighted by Gasteiger charge is 2.45. The molecule has 0 bridgehead atoms. The summed E-state index contributed by atoms with van der Waals surface area (Å²) >= 11 is 0. The molecule has 3 rings (SSSR count). The van der Waals surface area contributed by atoms with Crippen molar-refractivity contribution in [3.8, 4) is 5.75 Å². The molecule has 1 amide bonds. The fourth-order valence-electron chi connectivity index (χ4n) is 3.30. The van der Waals surface area contributed by atoms with Crippen LogP contribution in [0.1, 0.15) is 42.5 Å². The van der Waals surface area contributed by atoms with Gasteiger partial charge in [-0.15, -0.1) is 0 Å². The van der Waals surface area contributed by atoms with Crippen LogP contribution < -0.4 is 4.74 Å². The molecule has 2 fully saturated rings. The highest BCUT2D eigenvalue weighted by atomic mass is 16.5. The largest absolute Gasteiger partial charge is 0.497 e. The van der Waals surface area contributed by atoms with Gasteiger partial charge in [-0.1, -0.05) is 6.42 Å². The number of nitrogens with zero attached hydrogens (tertiary/aromatic N) is 1. The molecular weight excluding hydrogens is 254 g/mol. The van der Waals surface area contributed by atoms with Crippen molar-refractivity contribution in [3.05, 3.63) is 29.8 Å².